The molecular formula is C20H32N4O4. The molecule has 0 saturated carbocycles. The summed E-state index contributed by atoms with van der Waals surface area (Å²) in [7, 11) is 1.72. The molecule has 8 heteroatoms. The molecule has 156 valence electrons. The second-order valence-electron chi connectivity index (χ2n) is 8.46. The number of alkyl carbamates (subject to hydrolysis) is 1. The normalized spacial score (nSPS) is 12.3. The van der Waals surface area contributed by atoms with E-state index >= 15 is 0 Å². The van der Waals surface area contributed by atoms with E-state index in [0.29, 0.717) is 18.7 Å². The molecule has 0 heterocycles. The van der Waals surface area contributed by atoms with Crippen LogP contribution in [0.1, 0.15) is 47.1 Å². The van der Waals surface area contributed by atoms with Gasteiger partial charge in [-0.3, -0.25) is 5.32 Å². The minimum atomic E-state index is -0.794. The lowest BCUT2D eigenvalue weighted by atomic mass is 10.1. The Morgan fingerprint density at radius 3 is 2.07 bits per heavy atom. The number of benzene rings is 1. The molecule has 1 aromatic rings. The van der Waals surface area contributed by atoms with Crippen molar-refractivity contribution in [3.8, 4) is 0 Å². The van der Waals surface area contributed by atoms with Gasteiger partial charge in [-0.05, 0) is 65.7 Å². The molecule has 28 heavy (non-hydrogen) atoms. The molecule has 1 aromatic carbocycles. The van der Waals surface area contributed by atoms with Crippen molar-refractivity contribution in [1.29, 1.82) is 0 Å². The summed E-state index contributed by atoms with van der Waals surface area (Å²) in [6.07, 6.45) is -0.827. The van der Waals surface area contributed by atoms with Gasteiger partial charge in [0.25, 0.3) is 0 Å². The van der Waals surface area contributed by atoms with E-state index in [2.05, 4.69) is 10.3 Å². The first-order valence-electron chi connectivity index (χ1n) is 9.12. The van der Waals surface area contributed by atoms with Crippen LogP contribution >= 0.6 is 0 Å². The standard InChI is InChI=1S/C20H32N4O4/c1-19(2,3)27-17(25)22-16(23-18(26)28-20(4,5)6)24(7)13-12-14-8-10-15(21)11-9-14/h8-11H,12-13,21H2,1-7H3,(H,22,23,25,26). The van der Waals surface area contributed by atoms with Crippen molar-refractivity contribution in [2.24, 2.45) is 4.99 Å². The fourth-order valence-corrected chi connectivity index (χ4v) is 2.06. The topological polar surface area (TPSA) is 106 Å². The van der Waals surface area contributed by atoms with E-state index in [1.165, 1.54) is 0 Å². The van der Waals surface area contributed by atoms with E-state index in [9.17, 15) is 9.59 Å². The maximum atomic E-state index is 12.1. The third kappa shape index (κ3) is 9.80. The van der Waals surface area contributed by atoms with Gasteiger partial charge < -0.3 is 20.1 Å². The lowest BCUT2D eigenvalue weighted by molar-refractivity contribution is 0.0555. The minimum Gasteiger partial charge on any atom is -0.444 e. The second kappa shape index (κ2) is 9.43. The molecule has 0 fully saturated rings. The Kier molecular flexibility index (Phi) is 7.84. The Labute approximate surface area is 167 Å². The van der Waals surface area contributed by atoms with Gasteiger partial charge in [-0.1, -0.05) is 12.1 Å². The highest BCUT2D eigenvalue weighted by atomic mass is 16.6. The number of hydrogen-bond acceptors (Lipinski definition) is 5. The summed E-state index contributed by atoms with van der Waals surface area (Å²) in [6.45, 7) is 11.0. The number of carbonyl (C=O) groups is 2. The Bertz CT molecular complexity index is 700. The lowest BCUT2D eigenvalue weighted by Crippen LogP contribution is -2.45. The molecular weight excluding hydrogens is 360 g/mol. The van der Waals surface area contributed by atoms with E-state index in [4.69, 9.17) is 15.2 Å². The summed E-state index contributed by atoms with van der Waals surface area (Å²) in [5, 5.41) is 2.53. The van der Waals surface area contributed by atoms with Crippen LogP contribution in [0.25, 0.3) is 0 Å². The first-order valence-corrected chi connectivity index (χ1v) is 9.12. The van der Waals surface area contributed by atoms with Crippen molar-refractivity contribution in [2.75, 3.05) is 19.3 Å². The molecule has 0 spiro atoms. The monoisotopic (exact) mass is 392 g/mol. The van der Waals surface area contributed by atoms with Crippen LogP contribution in [0.15, 0.2) is 29.3 Å². The Balaban J connectivity index is 2.89. The van der Waals surface area contributed by atoms with Crippen LogP contribution in [0.5, 0.6) is 0 Å². The van der Waals surface area contributed by atoms with Crippen LogP contribution in [0.4, 0.5) is 15.3 Å². The highest BCUT2D eigenvalue weighted by molar-refractivity contribution is 5.98. The zero-order valence-corrected chi connectivity index (χ0v) is 17.8. The van der Waals surface area contributed by atoms with Gasteiger partial charge in [-0.15, -0.1) is 4.99 Å². The van der Waals surface area contributed by atoms with Gasteiger partial charge in [0, 0.05) is 19.3 Å². The number of nitrogen functional groups attached to an aromatic ring is 1. The molecule has 0 atom stereocenters. The third-order valence-corrected chi connectivity index (χ3v) is 3.28. The average molecular weight is 393 g/mol. The van der Waals surface area contributed by atoms with Gasteiger partial charge in [0.05, 0.1) is 0 Å². The number of aliphatic imine (C=N–C) groups is 1. The average Bonchev–Trinajstić information content (AvgIpc) is 2.49. The van der Waals surface area contributed by atoms with Gasteiger partial charge in [-0.2, -0.15) is 0 Å². The molecule has 0 radical (unpaired) electrons. The quantitative estimate of drug-likeness (QED) is 0.463. The van der Waals surface area contributed by atoms with Crippen molar-refractivity contribution < 1.29 is 19.1 Å². The second-order valence-corrected chi connectivity index (χ2v) is 8.46. The number of amides is 2. The largest absolute Gasteiger partial charge is 0.444 e. The summed E-state index contributed by atoms with van der Waals surface area (Å²) in [5.74, 6) is 0.0546. The summed E-state index contributed by atoms with van der Waals surface area (Å²) in [4.78, 5) is 29.8. The van der Waals surface area contributed by atoms with Crippen LogP contribution in [-0.2, 0) is 15.9 Å². The summed E-state index contributed by atoms with van der Waals surface area (Å²) in [5.41, 5.74) is 6.08. The fourth-order valence-electron chi connectivity index (χ4n) is 2.06. The molecule has 3 N–H and O–H groups in total. The molecule has 0 aliphatic rings. The van der Waals surface area contributed by atoms with Crippen LogP contribution < -0.4 is 11.1 Å². The van der Waals surface area contributed by atoms with Gasteiger partial charge in [0.15, 0.2) is 0 Å². The summed E-state index contributed by atoms with van der Waals surface area (Å²) >= 11 is 0. The highest BCUT2D eigenvalue weighted by Crippen LogP contribution is 2.10. The Hall–Kier alpha value is -2.77. The molecule has 0 aromatic heterocycles. The Morgan fingerprint density at radius 2 is 1.57 bits per heavy atom. The summed E-state index contributed by atoms with van der Waals surface area (Å²) < 4.78 is 10.5. The van der Waals surface area contributed by atoms with E-state index in [-0.39, 0.29) is 5.96 Å². The van der Waals surface area contributed by atoms with Gasteiger partial charge in [-0.25, -0.2) is 9.59 Å². The number of hydrogen-bond donors (Lipinski definition) is 2. The zero-order chi connectivity index (χ0) is 21.5. The predicted molar refractivity (Wildman–Crippen MR) is 110 cm³/mol. The zero-order valence-electron chi connectivity index (χ0n) is 17.8. The van der Waals surface area contributed by atoms with E-state index < -0.39 is 23.4 Å². The number of likely N-dealkylation sites (N-methyl/N-ethyl adjacent to an activating group) is 1. The number of ether oxygens (including phenoxy) is 2. The third-order valence-electron chi connectivity index (χ3n) is 3.28. The number of guanidine groups is 1. The van der Waals surface area contributed by atoms with Crippen molar-refractivity contribution in [3.05, 3.63) is 29.8 Å². The minimum absolute atomic E-state index is 0.0546. The molecule has 0 saturated heterocycles. The van der Waals surface area contributed by atoms with Crippen molar-refractivity contribution in [3.63, 3.8) is 0 Å². The van der Waals surface area contributed by atoms with Crippen molar-refractivity contribution in [2.45, 2.75) is 59.2 Å². The number of nitrogens with one attached hydrogen (secondary N) is 1. The molecule has 2 amide bonds. The van der Waals surface area contributed by atoms with E-state index in [0.717, 1.165) is 5.56 Å². The van der Waals surface area contributed by atoms with Crippen LogP contribution in [-0.4, -0.2) is 47.8 Å². The molecule has 8 nitrogen and oxygen atoms in total. The van der Waals surface area contributed by atoms with Gasteiger partial charge in [0.2, 0.25) is 5.96 Å². The van der Waals surface area contributed by atoms with Gasteiger partial charge >= 0.3 is 12.2 Å². The molecule has 0 aliphatic heterocycles. The Morgan fingerprint density at radius 1 is 1.04 bits per heavy atom. The maximum Gasteiger partial charge on any atom is 0.437 e. The predicted octanol–water partition coefficient (Wildman–Crippen LogP) is 3.56. The van der Waals surface area contributed by atoms with Crippen LogP contribution in [0.3, 0.4) is 0 Å². The number of nitrogens with two attached hydrogens (primary N) is 1. The van der Waals surface area contributed by atoms with E-state index in [1.807, 2.05) is 24.3 Å². The molecule has 0 bridgehead atoms. The number of nitrogens with zero attached hydrogens (tertiary/aromatic N) is 2. The fraction of sp³-hybridized carbons (Fsp3) is 0.550. The molecule has 0 unspecified atom stereocenters. The SMILES string of the molecule is CN(CCc1ccc(N)cc1)C(=NC(=O)OC(C)(C)C)NC(=O)OC(C)(C)C. The highest BCUT2D eigenvalue weighted by Gasteiger charge is 2.22. The van der Waals surface area contributed by atoms with Crippen molar-refractivity contribution >= 4 is 23.8 Å². The number of anilines is 1. The molecule has 1 rings (SSSR count). The maximum absolute atomic E-state index is 12.1. The number of rotatable bonds is 3. The van der Waals surface area contributed by atoms with Crippen LogP contribution in [0.2, 0.25) is 0 Å². The van der Waals surface area contributed by atoms with Crippen LogP contribution in [0, 0.1) is 0 Å². The smallest absolute Gasteiger partial charge is 0.437 e. The van der Waals surface area contributed by atoms with Gasteiger partial charge in [0.1, 0.15) is 11.2 Å². The molecule has 0 aliphatic carbocycles. The van der Waals surface area contributed by atoms with E-state index in [1.54, 1.807) is 53.5 Å². The lowest BCUT2D eigenvalue weighted by Gasteiger charge is -2.25. The first kappa shape index (κ1) is 23.3. The first-order chi connectivity index (χ1) is 12.7. The van der Waals surface area contributed by atoms with Crippen molar-refractivity contribution in [1.82, 2.24) is 10.2 Å². The number of carbonyl (C=O) groups excluding carboxylic acids is 2. The summed E-state index contributed by atoms with van der Waals surface area (Å²) in [6, 6.07) is 7.50.